The molecule has 1 amide bonds. The fraction of sp³-hybridized carbons (Fsp3) is 0.552. The molecule has 2 aliphatic heterocycles. The average molecular weight is 535 g/mol. The molecule has 1 unspecified atom stereocenters. The minimum absolute atomic E-state index is 0.121. The number of ether oxygens (including phenoxy) is 3. The molecule has 1 N–H and O–H groups in total. The summed E-state index contributed by atoms with van der Waals surface area (Å²) < 4.78 is 59.8. The predicted molar refractivity (Wildman–Crippen MR) is 138 cm³/mol. The molecule has 2 aromatic carbocycles. The highest BCUT2D eigenvalue weighted by Crippen LogP contribution is 2.51. The zero-order chi connectivity index (χ0) is 27.2. The molecule has 0 aliphatic carbocycles. The third-order valence-electron chi connectivity index (χ3n) is 8.17. The maximum absolute atomic E-state index is 14.5. The number of hydrogen-bond donors (Lipinski definition) is 1. The lowest BCUT2D eigenvalue weighted by Gasteiger charge is -2.51. The number of methoxy groups -OCH3 is 2. The van der Waals surface area contributed by atoms with Crippen LogP contribution in [0.2, 0.25) is 0 Å². The molecular weight excluding hydrogens is 497 g/mol. The summed E-state index contributed by atoms with van der Waals surface area (Å²) in [5, 5.41) is 3.49. The van der Waals surface area contributed by atoms with E-state index >= 15 is 0 Å². The Labute approximate surface area is 222 Å². The van der Waals surface area contributed by atoms with Gasteiger partial charge in [0.15, 0.2) is 0 Å². The monoisotopic (exact) mass is 534 g/mol. The van der Waals surface area contributed by atoms with Gasteiger partial charge in [0.1, 0.15) is 5.75 Å². The number of para-hydroxylation sites is 1. The molecule has 0 saturated carbocycles. The summed E-state index contributed by atoms with van der Waals surface area (Å²) in [4.78, 5) is 14.9. The Morgan fingerprint density at radius 1 is 1.00 bits per heavy atom. The van der Waals surface area contributed by atoms with E-state index in [0.29, 0.717) is 26.1 Å². The zero-order valence-electron chi connectivity index (χ0n) is 22.1. The Hall–Kier alpha value is -2.62. The number of alkyl halides is 3. The molecule has 2 aromatic rings. The van der Waals surface area contributed by atoms with Crippen molar-refractivity contribution in [3.8, 4) is 5.75 Å². The quantitative estimate of drug-likeness (QED) is 0.464. The average Bonchev–Trinajstić information content (AvgIpc) is 2.93. The summed E-state index contributed by atoms with van der Waals surface area (Å²) in [7, 11) is 2.62. The number of halogens is 3. The lowest BCUT2D eigenvalue weighted by Crippen LogP contribution is -2.59. The van der Waals surface area contributed by atoms with E-state index in [1.54, 1.807) is 13.2 Å². The lowest BCUT2D eigenvalue weighted by molar-refractivity contribution is -0.271. The van der Waals surface area contributed by atoms with E-state index in [9.17, 15) is 18.0 Å². The van der Waals surface area contributed by atoms with E-state index in [4.69, 9.17) is 14.2 Å². The van der Waals surface area contributed by atoms with Gasteiger partial charge in [-0.25, -0.2) is 0 Å². The van der Waals surface area contributed by atoms with Gasteiger partial charge in [-0.3, -0.25) is 4.79 Å². The summed E-state index contributed by atoms with van der Waals surface area (Å²) in [6, 6.07) is 15.2. The van der Waals surface area contributed by atoms with Gasteiger partial charge in [-0.15, -0.1) is 0 Å². The second kappa shape index (κ2) is 12.1. The van der Waals surface area contributed by atoms with Crippen LogP contribution in [0.25, 0.3) is 0 Å². The number of rotatable bonds is 9. The van der Waals surface area contributed by atoms with Crippen molar-refractivity contribution in [1.82, 2.24) is 10.2 Å². The van der Waals surface area contributed by atoms with Crippen LogP contribution in [0.5, 0.6) is 5.75 Å². The van der Waals surface area contributed by atoms with Crippen LogP contribution in [0, 0.1) is 5.41 Å². The number of amides is 1. The first-order chi connectivity index (χ1) is 18.3. The lowest BCUT2D eigenvalue weighted by atomic mass is 9.62. The van der Waals surface area contributed by atoms with Crippen LogP contribution in [-0.2, 0) is 19.9 Å². The van der Waals surface area contributed by atoms with Crippen LogP contribution in [-0.4, -0.2) is 70.6 Å². The van der Waals surface area contributed by atoms with Crippen molar-refractivity contribution in [3.05, 3.63) is 65.7 Å². The minimum Gasteiger partial charge on any atom is -0.493 e. The highest BCUT2D eigenvalue weighted by atomic mass is 19.4. The van der Waals surface area contributed by atoms with E-state index in [2.05, 4.69) is 11.4 Å². The Kier molecular flexibility index (Phi) is 9.00. The maximum Gasteiger partial charge on any atom is 0.430 e. The van der Waals surface area contributed by atoms with E-state index < -0.39 is 17.7 Å². The van der Waals surface area contributed by atoms with Crippen molar-refractivity contribution < 1.29 is 32.2 Å². The number of nitrogens with one attached hydrogen (secondary N) is 1. The van der Waals surface area contributed by atoms with Gasteiger partial charge in [-0.05, 0) is 42.9 Å². The summed E-state index contributed by atoms with van der Waals surface area (Å²) in [6.45, 7) is 3.21. The van der Waals surface area contributed by atoms with Gasteiger partial charge in [0.2, 0.25) is 0 Å². The zero-order valence-corrected chi connectivity index (χ0v) is 22.1. The van der Waals surface area contributed by atoms with E-state index in [1.807, 2.05) is 18.2 Å². The molecule has 2 saturated heterocycles. The molecule has 2 aliphatic rings. The molecule has 0 radical (unpaired) electrons. The second-order valence-corrected chi connectivity index (χ2v) is 10.1. The first-order valence-electron chi connectivity index (χ1n) is 13.2. The molecule has 2 atom stereocenters. The Morgan fingerprint density at radius 3 is 2.34 bits per heavy atom. The van der Waals surface area contributed by atoms with Crippen molar-refractivity contribution in [2.45, 2.75) is 43.4 Å². The molecule has 1 spiro atoms. The third kappa shape index (κ3) is 5.42. The van der Waals surface area contributed by atoms with Gasteiger partial charge in [0, 0.05) is 58.4 Å². The van der Waals surface area contributed by atoms with Crippen molar-refractivity contribution in [2.24, 2.45) is 5.41 Å². The molecule has 38 heavy (non-hydrogen) atoms. The van der Waals surface area contributed by atoms with Gasteiger partial charge in [0.05, 0.1) is 6.61 Å². The predicted octanol–water partition coefficient (Wildman–Crippen LogP) is 4.89. The Morgan fingerprint density at radius 2 is 1.68 bits per heavy atom. The summed E-state index contributed by atoms with van der Waals surface area (Å²) in [5.74, 6) is -0.105. The van der Waals surface area contributed by atoms with Gasteiger partial charge in [0.25, 0.3) is 11.5 Å². The van der Waals surface area contributed by atoms with Gasteiger partial charge in [-0.2, -0.15) is 13.2 Å². The highest BCUT2D eigenvalue weighted by molar-refractivity contribution is 5.88. The summed E-state index contributed by atoms with van der Waals surface area (Å²) in [5.41, 5.74) is -2.29. The second-order valence-electron chi connectivity index (χ2n) is 10.1. The number of benzene rings is 2. The molecule has 208 valence electrons. The molecule has 6 nitrogen and oxygen atoms in total. The molecule has 2 fully saturated rings. The molecule has 2 heterocycles. The fourth-order valence-electron chi connectivity index (χ4n) is 6.08. The number of piperidine rings is 2. The van der Waals surface area contributed by atoms with Crippen LogP contribution >= 0.6 is 0 Å². The van der Waals surface area contributed by atoms with Crippen molar-refractivity contribution in [2.75, 3.05) is 53.6 Å². The Bertz CT molecular complexity index is 1060. The minimum atomic E-state index is -4.91. The third-order valence-corrected chi connectivity index (χ3v) is 8.17. The van der Waals surface area contributed by atoms with Crippen molar-refractivity contribution in [1.29, 1.82) is 0 Å². The van der Waals surface area contributed by atoms with E-state index in [0.717, 1.165) is 44.4 Å². The van der Waals surface area contributed by atoms with Gasteiger partial charge >= 0.3 is 6.18 Å². The SMILES string of the molecule is COCCCOc1ccccc1C1CNCCC12CCN(C(=O)[C@](OC)(c1ccccc1)C(F)(F)F)CC2. The first-order valence-corrected chi connectivity index (χ1v) is 13.2. The van der Waals surface area contributed by atoms with Crippen LogP contribution < -0.4 is 10.1 Å². The van der Waals surface area contributed by atoms with Gasteiger partial charge in [-0.1, -0.05) is 48.5 Å². The highest BCUT2D eigenvalue weighted by Gasteiger charge is 2.64. The number of likely N-dealkylation sites (tertiary alicyclic amines) is 1. The first kappa shape index (κ1) is 28.4. The summed E-state index contributed by atoms with van der Waals surface area (Å²) in [6.07, 6.45) is -2.04. The maximum atomic E-state index is 14.5. The van der Waals surface area contributed by atoms with Gasteiger partial charge < -0.3 is 24.4 Å². The summed E-state index contributed by atoms with van der Waals surface area (Å²) >= 11 is 0. The largest absolute Gasteiger partial charge is 0.493 e. The van der Waals surface area contributed by atoms with Crippen LogP contribution in [0.4, 0.5) is 13.2 Å². The molecule has 9 heteroatoms. The molecular formula is C29H37F3N2O4. The van der Waals surface area contributed by atoms with E-state index in [-0.39, 0.29) is 30.0 Å². The normalized spacial score (nSPS) is 21.2. The molecule has 4 rings (SSSR count). The van der Waals surface area contributed by atoms with Crippen LogP contribution in [0.3, 0.4) is 0 Å². The number of hydrogen-bond acceptors (Lipinski definition) is 5. The van der Waals surface area contributed by atoms with Crippen LogP contribution in [0.15, 0.2) is 54.6 Å². The fourth-order valence-corrected chi connectivity index (χ4v) is 6.08. The number of nitrogens with zero attached hydrogens (tertiary/aromatic N) is 1. The standard InChI is InChI=1S/C29H37F3N2O4/c1-36-19-8-20-38-25-12-7-6-11-23(25)24-21-33-16-13-27(24)14-17-34(18-15-27)26(35)28(37-2,29(30,31)32)22-9-4-3-5-10-22/h3-7,9-12,24,33H,8,13-21H2,1-2H3/t24?,28-/m1/s1. The topological polar surface area (TPSA) is 60.0 Å². The van der Waals surface area contributed by atoms with Crippen molar-refractivity contribution >= 4 is 5.91 Å². The Balaban J connectivity index is 1.56. The molecule has 0 bridgehead atoms. The van der Waals surface area contributed by atoms with Crippen LogP contribution in [0.1, 0.15) is 42.7 Å². The number of carbonyl (C=O) groups excluding carboxylic acids is 1. The smallest absolute Gasteiger partial charge is 0.430 e. The number of carbonyl (C=O) groups is 1. The van der Waals surface area contributed by atoms with Crippen molar-refractivity contribution in [3.63, 3.8) is 0 Å². The molecule has 0 aromatic heterocycles. The van der Waals surface area contributed by atoms with E-state index in [1.165, 1.54) is 29.2 Å².